The van der Waals surface area contributed by atoms with Crippen LogP contribution in [0.5, 0.6) is 0 Å². The molecule has 2 rings (SSSR count). The average Bonchev–Trinajstić information content (AvgIpc) is 2.89. The van der Waals surface area contributed by atoms with Gasteiger partial charge >= 0.3 is 0 Å². The van der Waals surface area contributed by atoms with E-state index in [0.717, 1.165) is 12.1 Å². The highest BCUT2D eigenvalue weighted by atomic mass is 19.1. The van der Waals surface area contributed by atoms with Crippen molar-refractivity contribution in [2.45, 2.75) is 33.6 Å². The topological polar surface area (TPSA) is 48.2 Å². The zero-order chi connectivity index (χ0) is 14.0. The van der Waals surface area contributed by atoms with E-state index in [2.05, 4.69) is 10.4 Å². The highest BCUT2D eigenvalue weighted by Gasteiger charge is 2.07. The van der Waals surface area contributed by atoms with Gasteiger partial charge in [-0.3, -0.25) is 0 Å². The van der Waals surface area contributed by atoms with Crippen LogP contribution in [0, 0.1) is 24.1 Å². The van der Waals surface area contributed by atoms with E-state index >= 15 is 0 Å². The van der Waals surface area contributed by atoms with Crippen molar-refractivity contribution in [2.24, 2.45) is 5.11 Å². The zero-order valence-electron chi connectivity index (χ0n) is 11.2. The van der Waals surface area contributed by atoms with Crippen LogP contribution in [0.1, 0.15) is 32.3 Å². The second kappa shape index (κ2) is 9.65. The van der Waals surface area contributed by atoms with Crippen molar-refractivity contribution in [3.05, 3.63) is 29.3 Å². The number of aryl methyl sites for hydroxylation is 1. The maximum Gasteiger partial charge on any atom is 0.156 e. The summed E-state index contributed by atoms with van der Waals surface area (Å²) in [6.45, 7) is 8.07. The van der Waals surface area contributed by atoms with Gasteiger partial charge < -0.3 is 5.32 Å². The molecule has 5 heteroatoms. The average molecular weight is 257 g/mol. The standard InChI is InChI=1S/C7H6F2N2.C4H9N.C2H6/c1-4-2-5(8)7(11-10)6(9)3-4;1-2-4-5-3-1;1-2/h2-3,10H,1H3;5H,1-4H2;1-2H3. The number of rotatable bonds is 1. The predicted octanol–water partition coefficient (Wildman–Crippen LogP) is 4.33. The summed E-state index contributed by atoms with van der Waals surface area (Å²) in [5.41, 5.74) is 6.39. The van der Waals surface area contributed by atoms with Crippen LogP contribution in [0.3, 0.4) is 0 Å². The quantitative estimate of drug-likeness (QED) is 0.723. The second-order valence-electron chi connectivity index (χ2n) is 3.65. The third-order valence-corrected chi connectivity index (χ3v) is 2.23. The monoisotopic (exact) mass is 257 g/mol. The summed E-state index contributed by atoms with van der Waals surface area (Å²) >= 11 is 0. The summed E-state index contributed by atoms with van der Waals surface area (Å²) in [7, 11) is 0. The Morgan fingerprint density at radius 3 is 1.83 bits per heavy atom. The molecule has 1 fully saturated rings. The van der Waals surface area contributed by atoms with Crippen molar-refractivity contribution in [1.29, 1.82) is 5.53 Å². The Morgan fingerprint density at radius 2 is 1.56 bits per heavy atom. The van der Waals surface area contributed by atoms with E-state index in [-0.39, 0.29) is 0 Å². The molecule has 1 aromatic rings. The van der Waals surface area contributed by atoms with Gasteiger partial charge in [0.25, 0.3) is 0 Å². The Bertz CT molecular complexity index is 333. The summed E-state index contributed by atoms with van der Waals surface area (Å²) in [5.74, 6) is -1.59. The van der Waals surface area contributed by atoms with Crippen molar-refractivity contribution >= 4 is 5.69 Å². The first-order valence-electron chi connectivity index (χ1n) is 6.19. The van der Waals surface area contributed by atoms with E-state index in [4.69, 9.17) is 5.53 Å². The van der Waals surface area contributed by atoms with Gasteiger partial charge in [0.1, 0.15) is 0 Å². The fraction of sp³-hybridized carbons (Fsp3) is 0.538. The van der Waals surface area contributed by atoms with Gasteiger partial charge in [-0.05, 0) is 50.6 Å². The number of nitrogens with zero attached hydrogens (tertiary/aromatic N) is 1. The molecule has 0 unspecified atom stereocenters. The molecular formula is C13H21F2N3. The minimum Gasteiger partial charge on any atom is -0.317 e. The van der Waals surface area contributed by atoms with Crippen LogP contribution in [0.2, 0.25) is 0 Å². The van der Waals surface area contributed by atoms with E-state index in [1.54, 1.807) is 6.92 Å². The molecule has 1 aliphatic heterocycles. The van der Waals surface area contributed by atoms with Crippen LogP contribution in [0.15, 0.2) is 17.2 Å². The third kappa shape index (κ3) is 5.82. The van der Waals surface area contributed by atoms with E-state index < -0.39 is 17.3 Å². The molecule has 0 atom stereocenters. The largest absolute Gasteiger partial charge is 0.317 e. The molecule has 1 aliphatic rings. The van der Waals surface area contributed by atoms with Gasteiger partial charge in [-0.15, -0.1) is 0 Å². The van der Waals surface area contributed by atoms with Gasteiger partial charge in [0.2, 0.25) is 0 Å². The molecule has 0 radical (unpaired) electrons. The summed E-state index contributed by atoms with van der Waals surface area (Å²) in [6, 6.07) is 2.27. The Balaban J connectivity index is 0.000000343. The molecule has 0 spiro atoms. The SMILES string of the molecule is C1CCNC1.CC.Cc1cc(F)c(N=N)c(F)c1. The fourth-order valence-corrected chi connectivity index (χ4v) is 1.42. The maximum atomic E-state index is 12.7. The summed E-state index contributed by atoms with van der Waals surface area (Å²) < 4.78 is 25.3. The van der Waals surface area contributed by atoms with Gasteiger partial charge in [-0.25, -0.2) is 14.3 Å². The Kier molecular flexibility index (Phi) is 8.92. The molecular weight excluding hydrogens is 236 g/mol. The molecule has 0 bridgehead atoms. The maximum absolute atomic E-state index is 12.7. The fourth-order valence-electron chi connectivity index (χ4n) is 1.42. The normalized spacial score (nSPS) is 12.9. The summed E-state index contributed by atoms with van der Waals surface area (Å²) in [5, 5.41) is 5.93. The van der Waals surface area contributed by atoms with Gasteiger partial charge in [0, 0.05) is 0 Å². The minimum absolute atomic E-state index is 0.479. The van der Waals surface area contributed by atoms with Gasteiger partial charge in [0.05, 0.1) is 0 Å². The van der Waals surface area contributed by atoms with E-state index in [0.29, 0.717) is 5.56 Å². The highest BCUT2D eigenvalue weighted by Crippen LogP contribution is 2.22. The summed E-state index contributed by atoms with van der Waals surface area (Å²) in [4.78, 5) is 0. The first-order valence-corrected chi connectivity index (χ1v) is 6.19. The lowest BCUT2D eigenvalue weighted by Gasteiger charge is -1.97. The predicted molar refractivity (Wildman–Crippen MR) is 69.4 cm³/mol. The van der Waals surface area contributed by atoms with Crippen LogP contribution >= 0.6 is 0 Å². The first-order chi connectivity index (χ1) is 8.65. The first kappa shape index (κ1) is 16.6. The van der Waals surface area contributed by atoms with Crippen molar-refractivity contribution in [2.75, 3.05) is 13.1 Å². The molecule has 1 aromatic carbocycles. The molecule has 18 heavy (non-hydrogen) atoms. The third-order valence-electron chi connectivity index (χ3n) is 2.23. The second-order valence-corrected chi connectivity index (χ2v) is 3.65. The Hall–Kier alpha value is -1.36. The smallest absolute Gasteiger partial charge is 0.156 e. The van der Waals surface area contributed by atoms with Crippen molar-refractivity contribution in [3.63, 3.8) is 0 Å². The van der Waals surface area contributed by atoms with Crippen LogP contribution in [0.4, 0.5) is 14.5 Å². The van der Waals surface area contributed by atoms with E-state index in [1.165, 1.54) is 25.9 Å². The molecule has 0 aliphatic carbocycles. The van der Waals surface area contributed by atoms with Gasteiger partial charge in [-0.1, -0.05) is 13.8 Å². The summed E-state index contributed by atoms with van der Waals surface area (Å²) in [6.07, 6.45) is 2.78. The van der Waals surface area contributed by atoms with Crippen LogP contribution in [-0.4, -0.2) is 13.1 Å². The zero-order valence-corrected chi connectivity index (χ0v) is 11.2. The van der Waals surface area contributed by atoms with Crippen molar-refractivity contribution < 1.29 is 8.78 Å². The molecule has 0 aromatic heterocycles. The van der Waals surface area contributed by atoms with Crippen molar-refractivity contribution in [3.8, 4) is 0 Å². The highest BCUT2D eigenvalue weighted by molar-refractivity contribution is 5.41. The molecule has 0 amide bonds. The van der Waals surface area contributed by atoms with Crippen LogP contribution < -0.4 is 5.32 Å². The van der Waals surface area contributed by atoms with Gasteiger partial charge in [-0.2, -0.15) is 5.11 Å². The van der Waals surface area contributed by atoms with Crippen LogP contribution in [0.25, 0.3) is 0 Å². The Labute approximate surface area is 107 Å². The lowest BCUT2D eigenvalue weighted by Crippen LogP contribution is -2.03. The molecule has 0 saturated carbocycles. The lowest BCUT2D eigenvalue weighted by molar-refractivity contribution is 0.582. The Morgan fingerprint density at radius 1 is 1.11 bits per heavy atom. The molecule has 102 valence electrons. The molecule has 3 nitrogen and oxygen atoms in total. The molecule has 1 saturated heterocycles. The minimum atomic E-state index is -0.794. The van der Waals surface area contributed by atoms with Crippen molar-refractivity contribution in [1.82, 2.24) is 5.32 Å². The molecule has 2 N–H and O–H groups in total. The van der Waals surface area contributed by atoms with E-state index in [1.807, 2.05) is 13.8 Å². The van der Waals surface area contributed by atoms with E-state index in [9.17, 15) is 8.78 Å². The van der Waals surface area contributed by atoms with Gasteiger partial charge in [0.15, 0.2) is 17.3 Å². The number of benzene rings is 1. The lowest BCUT2D eigenvalue weighted by atomic mass is 10.2. The number of hydrogen-bond acceptors (Lipinski definition) is 3. The van der Waals surface area contributed by atoms with Crippen LogP contribution in [-0.2, 0) is 0 Å². The number of nitrogens with one attached hydrogen (secondary N) is 2. The number of hydrogen-bond donors (Lipinski definition) is 2. The number of halogens is 2. The molecule has 1 heterocycles.